The van der Waals surface area contributed by atoms with E-state index in [4.69, 9.17) is 5.73 Å². The maximum Gasteiger partial charge on any atom is 0.133 e. The Morgan fingerprint density at radius 3 is 2.53 bits per heavy atom. The number of nitrogen functional groups attached to an aromatic ring is 1. The molecule has 76 valence electrons. The molecule has 2 N–H and O–H groups in total. The normalized spacial score (nSPS) is 10.3. The molecule has 0 fully saturated rings. The molecule has 0 radical (unpaired) electrons. The minimum atomic E-state index is -0.623. The Balaban J connectivity index is 2.54. The topological polar surface area (TPSA) is 38.9 Å². The molecule has 0 amide bonds. The molecule has 0 unspecified atom stereocenters. The highest BCUT2D eigenvalue weighted by Gasteiger charge is 2.06. The zero-order valence-corrected chi connectivity index (χ0v) is 7.74. The molecule has 0 spiro atoms. The second-order valence-electron chi connectivity index (χ2n) is 3.13. The Labute approximate surface area is 85.4 Å². The molecule has 2 aromatic rings. The quantitative estimate of drug-likeness (QED) is 0.778. The molecule has 1 aromatic heterocycles. The van der Waals surface area contributed by atoms with Crippen LogP contribution in [-0.4, -0.2) is 4.98 Å². The number of halogens is 2. The first kappa shape index (κ1) is 9.58. The van der Waals surface area contributed by atoms with Gasteiger partial charge in [0.15, 0.2) is 0 Å². The standard InChI is InChI=1S/C11H8F2N2/c12-8-1-2-10(11(13)4-8)7-3-9(14)6-15-5-7/h1-6H,14H2. The number of nitrogens with two attached hydrogens (primary N) is 1. The third-order valence-corrected chi connectivity index (χ3v) is 2.00. The van der Waals surface area contributed by atoms with Gasteiger partial charge < -0.3 is 5.73 Å². The van der Waals surface area contributed by atoms with Crippen molar-refractivity contribution in [2.75, 3.05) is 5.73 Å². The van der Waals surface area contributed by atoms with E-state index >= 15 is 0 Å². The summed E-state index contributed by atoms with van der Waals surface area (Å²) in [5.74, 6) is -1.23. The average molecular weight is 206 g/mol. The second-order valence-corrected chi connectivity index (χ2v) is 3.13. The summed E-state index contributed by atoms with van der Waals surface area (Å²) >= 11 is 0. The molecule has 0 saturated carbocycles. The van der Waals surface area contributed by atoms with Crippen molar-refractivity contribution >= 4 is 5.69 Å². The fourth-order valence-corrected chi connectivity index (χ4v) is 1.33. The maximum atomic E-state index is 13.4. The third kappa shape index (κ3) is 1.93. The summed E-state index contributed by atoms with van der Waals surface area (Å²) in [6.07, 6.45) is 2.94. The SMILES string of the molecule is Nc1cncc(-c2ccc(F)cc2F)c1. The maximum absolute atomic E-state index is 13.4. The Kier molecular flexibility index (Phi) is 2.33. The summed E-state index contributed by atoms with van der Waals surface area (Å²) in [5, 5.41) is 0. The summed E-state index contributed by atoms with van der Waals surface area (Å²) in [6.45, 7) is 0. The number of nitrogens with zero attached hydrogens (tertiary/aromatic N) is 1. The first-order valence-corrected chi connectivity index (χ1v) is 4.33. The van der Waals surface area contributed by atoms with E-state index in [1.165, 1.54) is 24.5 Å². The minimum Gasteiger partial charge on any atom is -0.397 e. The molecule has 0 atom stereocenters. The van der Waals surface area contributed by atoms with Gasteiger partial charge in [0.25, 0.3) is 0 Å². The molecular formula is C11H8F2N2. The molecule has 1 heterocycles. The van der Waals surface area contributed by atoms with Crippen LogP contribution in [0.4, 0.5) is 14.5 Å². The van der Waals surface area contributed by atoms with E-state index in [9.17, 15) is 8.78 Å². The van der Waals surface area contributed by atoms with Gasteiger partial charge in [-0.3, -0.25) is 4.98 Å². The van der Waals surface area contributed by atoms with Crippen LogP contribution in [0.1, 0.15) is 0 Å². The molecule has 4 heteroatoms. The highest BCUT2D eigenvalue weighted by molar-refractivity contribution is 5.66. The number of anilines is 1. The number of rotatable bonds is 1. The van der Waals surface area contributed by atoms with E-state index in [1.54, 1.807) is 6.07 Å². The van der Waals surface area contributed by atoms with Gasteiger partial charge in [0.1, 0.15) is 11.6 Å². The van der Waals surface area contributed by atoms with Crippen molar-refractivity contribution in [1.82, 2.24) is 4.98 Å². The van der Waals surface area contributed by atoms with Crippen LogP contribution in [0.3, 0.4) is 0 Å². The van der Waals surface area contributed by atoms with E-state index in [2.05, 4.69) is 4.98 Å². The van der Waals surface area contributed by atoms with Crippen LogP contribution in [0.2, 0.25) is 0 Å². The van der Waals surface area contributed by atoms with Crippen LogP contribution in [0, 0.1) is 11.6 Å². The van der Waals surface area contributed by atoms with Gasteiger partial charge in [-0.2, -0.15) is 0 Å². The van der Waals surface area contributed by atoms with Crippen molar-refractivity contribution in [2.24, 2.45) is 0 Å². The lowest BCUT2D eigenvalue weighted by Gasteiger charge is -2.03. The fraction of sp³-hybridized carbons (Fsp3) is 0. The van der Waals surface area contributed by atoms with Gasteiger partial charge in [-0.05, 0) is 18.2 Å². The average Bonchev–Trinajstić information content (AvgIpc) is 2.17. The zero-order valence-electron chi connectivity index (χ0n) is 7.74. The van der Waals surface area contributed by atoms with Gasteiger partial charge in [0.05, 0.1) is 5.69 Å². The fourth-order valence-electron chi connectivity index (χ4n) is 1.33. The monoisotopic (exact) mass is 206 g/mol. The van der Waals surface area contributed by atoms with Gasteiger partial charge in [-0.25, -0.2) is 8.78 Å². The zero-order chi connectivity index (χ0) is 10.8. The van der Waals surface area contributed by atoms with Crippen LogP contribution in [0.15, 0.2) is 36.7 Å². The summed E-state index contributed by atoms with van der Waals surface area (Å²) in [5.41, 5.74) is 6.78. The second kappa shape index (κ2) is 3.65. The molecule has 15 heavy (non-hydrogen) atoms. The lowest BCUT2D eigenvalue weighted by Crippen LogP contribution is -1.90. The van der Waals surface area contributed by atoms with Crippen molar-refractivity contribution in [3.05, 3.63) is 48.3 Å². The summed E-state index contributed by atoms with van der Waals surface area (Å²) in [7, 11) is 0. The third-order valence-electron chi connectivity index (χ3n) is 2.00. The van der Waals surface area contributed by atoms with Gasteiger partial charge in [-0.1, -0.05) is 0 Å². The van der Waals surface area contributed by atoms with Crippen molar-refractivity contribution in [3.63, 3.8) is 0 Å². The molecular weight excluding hydrogens is 198 g/mol. The Morgan fingerprint density at radius 2 is 1.87 bits per heavy atom. The van der Waals surface area contributed by atoms with Gasteiger partial charge >= 0.3 is 0 Å². The smallest absolute Gasteiger partial charge is 0.133 e. The van der Waals surface area contributed by atoms with E-state index in [1.807, 2.05) is 0 Å². The molecule has 0 saturated heterocycles. The number of pyridine rings is 1. The first-order valence-electron chi connectivity index (χ1n) is 4.33. The van der Waals surface area contributed by atoms with Crippen molar-refractivity contribution in [1.29, 1.82) is 0 Å². The first-order chi connectivity index (χ1) is 7.16. The van der Waals surface area contributed by atoms with Crippen molar-refractivity contribution < 1.29 is 8.78 Å². The van der Waals surface area contributed by atoms with E-state index < -0.39 is 11.6 Å². The predicted molar refractivity (Wildman–Crippen MR) is 54.0 cm³/mol. The molecule has 2 nitrogen and oxygen atoms in total. The lowest BCUT2D eigenvalue weighted by atomic mass is 10.1. The minimum absolute atomic E-state index is 0.288. The van der Waals surface area contributed by atoms with Gasteiger partial charge in [0.2, 0.25) is 0 Å². The van der Waals surface area contributed by atoms with Crippen molar-refractivity contribution in [2.45, 2.75) is 0 Å². The Hall–Kier alpha value is -1.97. The van der Waals surface area contributed by atoms with Crippen molar-refractivity contribution in [3.8, 4) is 11.1 Å². The van der Waals surface area contributed by atoms with Crippen LogP contribution in [-0.2, 0) is 0 Å². The van der Waals surface area contributed by atoms with E-state index in [-0.39, 0.29) is 5.56 Å². The Bertz CT molecular complexity index is 498. The summed E-state index contributed by atoms with van der Waals surface area (Å²) < 4.78 is 26.0. The molecule has 0 aliphatic rings. The number of aromatic nitrogens is 1. The molecule has 1 aromatic carbocycles. The van der Waals surface area contributed by atoms with Gasteiger partial charge in [-0.15, -0.1) is 0 Å². The lowest BCUT2D eigenvalue weighted by molar-refractivity contribution is 0.585. The van der Waals surface area contributed by atoms with E-state index in [0.717, 1.165) is 6.07 Å². The highest BCUT2D eigenvalue weighted by atomic mass is 19.1. The molecule has 2 rings (SSSR count). The van der Waals surface area contributed by atoms with E-state index in [0.29, 0.717) is 11.3 Å². The Morgan fingerprint density at radius 1 is 1.07 bits per heavy atom. The highest BCUT2D eigenvalue weighted by Crippen LogP contribution is 2.23. The molecule has 0 aliphatic heterocycles. The molecule has 0 aliphatic carbocycles. The molecule has 0 bridgehead atoms. The predicted octanol–water partition coefficient (Wildman–Crippen LogP) is 2.61. The summed E-state index contributed by atoms with van der Waals surface area (Å²) in [4.78, 5) is 3.84. The van der Waals surface area contributed by atoms with Gasteiger partial charge in [0, 0.05) is 29.6 Å². The number of hydrogen-bond acceptors (Lipinski definition) is 2. The summed E-state index contributed by atoms with van der Waals surface area (Å²) in [6, 6.07) is 4.98. The number of hydrogen-bond donors (Lipinski definition) is 1. The van der Waals surface area contributed by atoms with Crippen LogP contribution >= 0.6 is 0 Å². The van der Waals surface area contributed by atoms with Crippen LogP contribution in [0.5, 0.6) is 0 Å². The van der Waals surface area contributed by atoms with Crippen LogP contribution < -0.4 is 5.73 Å². The van der Waals surface area contributed by atoms with Crippen LogP contribution in [0.25, 0.3) is 11.1 Å². The number of benzene rings is 1. The largest absolute Gasteiger partial charge is 0.397 e.